The van der Waals surface area contributed by atoms with E-state index in [1.54, 1.807) is 12.5 Å². The lowest BCUT2D eigenvalue weighted by Crippen LogP contribution is -2.18. The first kappa shape index (κ1) is 13.1. The lowest BCUT2D eigenvalue weighted by Gasteiger charge is -2.17. The van der Waals surface area contributed by atoms with Crippen molar-refractivity contribution in [3.63, 3.8) is 0 Å². The largest absolute Gasteiger partial charge is 0.469 e. The van der Waals surface area contributed by atoms with Gasteiger partial charge in [-0.05, 0) is 13.0 Å². The lowest BCUT2D eigenvalue weighted by molar-refractivity contribution is 0.0593. The van der Waals surface area contributed by atoms with Gasteiger partial charge in [-0.2, -0.15) is 0 Å². The maximum absolute atomic E-state index is 11.2. The molecule has 0 saturated heterocycles. The minimum Gasteiger partial charge on any atom is -0.469 e. The third kappa shape index (κ3) is 2.90. The summed E-state index contributed by atoms with van der Waals surface area (Å²) in [7, 11) is 3.21. The Morgan fingerprint density at radius 1 is 1.42 bits per heavy atom. The van der Waals surface area contributed by atoms with Crippen molar-refractivity contribution in [2.24, 2.45) is 0 Å². The van der Waals surface area contributed by atoms with Crippen molar-refractivity contribution in [3.8, 4) is 0 Å². The van der Waals surface area contributed by atoms with Gasteiger partial charge < -0.3 is 14.1 Å². The van der Waals surface area contributed by atoms with Crippen molar-refractivity contribution in [1.29, 1.82) is 0 Å². The van der Waals surface area contributed by atoms with Crippen molar-refractivity contribution in [1.82, 2.24) is 9.97 Å². The number of carbonyl (C=O) groups excluding carboxylic acids is 1. The summed E-state index contributed by atoms with van der Waals surface area (Å²) >= 11 is 0. The minimum atomic E-state index is -0.493. The number of nitrogens with zero attached hydrogens (tertiary/aromatic N) is 3. The number of esters is 1. The van der Waals surface area contributed by atoms with E-state index in [0.29, 0.717) is 12.4 Å². The highest BCUT2D eigenvalue weighted by atomic mass is 16.5. The van der Waals surface area contributed by atoms with Crippen LogP contribution in [0, 0.1) is 6.92 Å². The molecule has 0 bridgehead atoms. The number of ether oxygens (including phenoxy) is 1. The third-order valence-corrected chi connectivity index (χ3v) is 2.80. The fourth-order valence-electron chi connectivity index (χ4n) is 1.64. The molecule has 0 aromatic carbocycles. The van der Waals surface area contributed by atoms with E-state index >= 15 is 0 Å². The summed E-state index contributed by atoms with van der Waals surface area (Å²) in [5, 5.41) is 0. The maximum atomic E-state index is 11.2. The molecule has 2 aromatic rings. The predicted octanol–water partition coefficient (Wildman–Crippen LogP) is 1.80. The normalized spacial score (nSPS) is 10.3. The Morgan fingerprint density at radius 2 is 2.21 bits per heavy atom. The summed E-state index contributed by atoms with van der Waals surface area (Å²) in [6.07, 6.45) is 4.60. The van der Waals surface area contributed by atoms with Crippen molar-refractivity contribution in [2.45, 2.75) is 13.5 Å². The van der Waals surface area contributed by atoms with Gasteiger partial charge in [-0.3, -0.25) is 0 Å². The van der Waals surface area contributed by atoms with Crippen LogP contribution in [0.4, 0.5) is 5.82 Å². The molecule has 0 atom stereocenters. The molecule has 0 fully saturated rings. The molecule has 2 rings (SSSR count). The van der Waals surface area contributed by atoms with E-state index in [0.717, 1.165) is 11.3 Å². The first-order valence-electron chi connectivity index (χ1n) is 5.76. The second-order valence-electron chi connectivity index (χ2n) is 4.11. The number of carbonyl (C=O) groups is 1. The Labute approximate surface area is 111 Å². The summed E-state index contributed by atoms with van der Waals surface area (Å²) in [5.41, 5.74) is 1.28. The molecule has 0 unspecified atom stereocenters. The van der Waals surface area contributed by atoms with E-state index in [9.17, 15) is 4.79 Å². The molecule has 0 spiro atoms. The highest BCUT2D eigenvalue weighted by Crippen LogP contribution is 2.15. The molecule has 0 aliphatic carbocycles. The zero-order valence-corrected chi connectivity index (χ0v) is 11.1. The molecule has 0 aliphatic rings. The zero-order valence-electron chi connectivity index (χ0n) is 11.1. The lowest BCUT2D eigenvalue weighted by atomic mass is 10.2. The van der Waals surface area contributed by atoms with Gasteiger partial charge in [0, 0.05) is 19.2 Å². The van der Waals surface area contributed by atoms with E-state index in [1.165, 1.54) is 13.3 Å². The topological polar surface area (TPSA) is 68.5 Å². The van der Waals surface area contributed by atoms with Gasteiger partial charge in [0.2, 0.25) is 0 Å². The molecule has 0 saturated carbocycles. The molecule has 0 aliphatic heterocycles. The number of hydrogen-bond donors (Lipinski definition) is 0. The monoisotopic (exact) mass is 261 g/mol. The predicted molar refractivity (Wildman–Crippen MR) is 68.9 cm³/mol. The van der Waals surface area contributed by atoms with Crippen LogP contribution in [0.2, 0.25) is 0 Å². The van der Waals surface area contributed by atoms with Gasteiger partial charge in [-0.25, -0.2) is 14.8 Å². The molecule has 0 amide bonds. The summed E-state index contributed by atoms with van der Waals surface area (Å²) in [6.45, 7) is 2.57. The first-order chi connectivity index (χ1) is 9.11. The molecular formula is C13H15N3O3. The van der Waals surface area contributed by atoms with Crippen LogP contribution >= 0.6 is 0 Å². The van der Waals surface area contributed by atoms with E-state index in [4.69, 9.17) is 4.42 Å². The number of rotatable bonds is 4. The average molecular weight is 261 g/mol. The van der Waals surface area contributed by atoms with Gasteiger partial charge in [0.15, 0.2) is 5.69 Å². The Balaban J connectivity index is 2.09. The molecule has 19 heavy (non-hydrogen) atoms. The van der Waals surface area contributed by atoms with Crippen LogP contribution in [-0.4, -0.2) is 30.1 Å². The third-order valence-electron chi connectivity index (χ3n) is 2.80. The maximum Gasteiger partial charge on any atom is 0.358 e. The van der Waals surface area contributed by atoms with E-state index in [1.807, 2.05) is 24.9 Å². The quantitative estimate of drug-likeness (QED) is 0.782. The molecular weight excluding hydrogens is 246 g/mol. The van der Waals surface area contributed by atoms with Crippen LogP contribution in [0.3, 0.4) is 0 Å². The Hall–Kier alpha value is -2.37. The second-order valence-corrected chi connectivity index (χ2v) is 4.11. The second kappa shape index (κ2) is 5.51. The van der Waals surface area contributed by atoms with Crippen LogP contribution in [0.5, 0.6) is 0 Å². The molecule has 0 radical (unpaired) electrons. The van der Waals surface area contributed by atoms with Crippen LogP contribution in [-0.2, 0) is 11.3 Å². The van der Waals surface area contributed by atoms with Crippen LogP contribution in [0.15, 0.2) is 29.1 Å². The highest BCUT2D eigenvalue weighted by molar-refractivity contribution is 5.86. The number of methoxy groups -OCH3 is 1. The fraction of sp³-hybridized carbons (Fsp3) is 0.308. The van der Waals surface area contributed by atoms with Gasteiger partial charge in [-0.15, -0.1) is 0 Å². The molecule has 100 valence electrons. The van der Waals surface area contributed by atoms with E-state index in [2.05, 4.69) is 14.7 Å². The van der Waals surface area contributed by atoms with Gasteiger partial charge in [0.05, 0.1) is 25.8 Å². The molecule has 6 heteroatoms. The van der Waals surface area contributed by atoms with Crippen molar-refractivity contribution >= 4 is 11.8 Å². The SMILES string of the molecule is COC(=O)c1cnc(N(C)Cc2ccoc2C)cn1. The van der Waals surface area contributed by atoms with Crippen molar-refractivity contribution in [2.75, 3.05) is 19.1 Å². The van der Waals surface area contributed by atoms with Gasteiger partial charge in [0.1, 0.15) is 11.6 Å². The Morgan fingerprint density at radius 3 is 2.74 bits per heavy atom. The average Bonchev–Trinajstić information content (AvgIpc) is 2.83. The summed E-state index contributed by atoms with van der Waals surface area (Å²) in [4.78, 5) is 21.4. The summed E-state index contributed by atoms with van der Waals surface area (Å²) in [6, 6.07) is 1.92. The number of aromatic nitrogens is 2. The standard InChI is InChI=1S/C13H15N3O3/c1-9-10(4-5-19-9)8-16(2)12-7-14-11(6-15-12)13(17)18-3/h4-7H,8H2,1-3H3. The molecule has 2 aromatic heterocycles. The Kier molecular flexibility index (Phi) is 3.79. The number of hydrogen-bond acceptors (Lipinski definition) is 6. The van der Waals surface area contributed by atoms with Crippen LogP contribution in [0.25, 0.3) is 0 Å². The number of furan rings is 1. The van der Waals surface area contributed by atoms with Gasteiger partial charge in [0.25, 0.3) is 0 Å². The summed E-state index contributed by atoms with van der Waals surface area (Å²) in [5.74, 6) is 1.06. The van der Waals surface area contributed by atoms with Crippen LogP contribution < -0.4 is 4.90 Å². The van der Waals surface area contributed by atoms with E-state index < -0.39 is 5.97 Å². The van der Waals surface area contributed by atoms with Crippen molar-refractivity contribution < 1.29 is 13.9 Å². The van der Waals surface area contributed by atoms with Crippen LogP contribution in [0.1, 0.15) is 21.8 Å². The van der Waals surface area contributed by atoms with Gasteiger partial charge in [-0.1, -0.05) is 0 Å². The smallest absolute Gasteiger partial charge is 0.358 e. The number of aryl methyl sites for hydroxylation is 1. The highest BCUT2D eigenvalue weighted by Gasteiger charge is 2.11. The molecule has 6 nitrogen and oxygen atoms in total. The zero-order chi connectivity index (χ0) is 13.8. The van der Waals surface area contributed by atoms with Crippen molar-refractivity contribution in [3.05, 3.63) is 41.7 Å². The van der Waals surface area contributed by atoms with Gasteiger partial charge >= 0.3 is 5.97 Å². The Bertz CT molecular complexity index is 563. The van der Waals surface area contributed by atoms with E-state index in [-0.39, 0.29) is 5.69 Å². The summed E-state index contributed by atoms with van der Waals surface area (Å²) < 4.78 is 9.81. The number of anilines is 1. The molecule has 0 N–H and O–H groups in total. The first-order valence-corrected chi connectivity index (χ1v) is 5.76. The minimum absolute atomic E-state index is 0.194. The molecule has 2 heterocycles. The fourth-order valence-corrected chi connectivity index (χ4v) is 1.64.